The number of rotatable bonds is 6. The molecule has 4 nitrogen and oxygen atoms in total. The monoisotopic (exact) mass is 260 g/mol. The number of aryl methyl sites for hydroxylation is 1. The van der Waals surface area contributed by atoms with E-state index in [9.17, 15) is 5.11 Å². The molecule has 0 aliphatic heterocycles. The van der Waals surface area contributed by atoms with E-state index < -0.39 is 6.10 Å². The summed E-state index contributed by atoms with van der Waals surface area (Å²) in [5.41, 5.74) is 1.92. The third-order valence-corrected chi connectivity index (χ3v) is 2.99. The van der Waals surface area contributed by atoms with Gasteiger partial charge in [0, 0.05) is 6.54 Å². The number of nitrogens with zero attached hydrogens (tertiary/aromatic N) is 2. The molecule has 4 heteroatoms. The summed E-state index contributed by atoms with van der Waals surface area (Å²) >= 11 is 0. The van der Waals surface area contributed by atoms with E-state index in [-0.39, 0.29) is 0 Å². The first-order chi connectivity index (χ1) is 9.20. The van der Waals surface area contributed by atoms with E-state index in [0.717, 1.165) is 30.0 Å². The Balaban J connectivity index is 2.02. The van der Waals surface area contributed by atoms with Crippen LogP contribution in [0, 0.1) is 0 Å². The molecule has 0 spiro atoms. The molecule has 0 unspecified atom stereocenters. The highest BCUT2D eigenvalue weighted by Crippen LogP contribution is 2.19. The van der Waals surface area contributed by atoms with E-state index in [2.05, 4.69) is 16.5 Å². The van der Waals surface area contributed by atoms with Crippen LogP contribution in [-0.4, -0.2) is 14.7 Å². The predicted molar refractivity (Wildman–Crippen MR) is 73.9 cm³/mol. The lowest BCUT2D eigenvalue weighted by Crippen LogP contribution is -2.05. The Morgan fingerprint density at radius 2 is 2.26 bits per heavy atom. The first-order valence-corrected chi connectivity index (χ1v) is 6.60. The van der Waals surface area contributed by atoms with Crippen LogP contribution in [0.1, 0.15) is 37.6 Å². The molecule has 1 N–H and O–H groups in total. The van der Waals surface area contributed by atoms with Gasteiger partial charge in [-0.3, -0.25) is 0 Å². The summed E-state index contributed by atoms with van der Waals surface area (Å²) in [5.74, 6) is 0.766. The lowest BCUT2D eigenvalue weighted by Gasteiger charge is -2.11. The molecule has 0 bridgehead atoms. The highest BCUT2D eigenvalue weighted by Gasteiger charge is 2.05. The molecular formula is C15H20N2O2. The van der Waals surface area contributed by atoms with Gasteiger partial charge in [0.2, 0.25) is 0 Å². The van der Waals surface area contributed by atoms with Crippen LogP contribution < -0.4 is 4.74 Å². The number of aromatic nitrogens is 2. The van der Waals surface area contributed by atoms with Gasteiger partial charge in [-0.1, -0.05) is 19.1 Å². The number of aliphatic hydroxyl groups is 1. The van der Waals surface area contributed by atoms with E-state index in [4.69, 9.17) is 4.74 Å². The Labute approximate surface area is 113 Å². The average molecular weight is 260 g/mol. The van der Waals surface area contributed by atoms with Gasteiger partial charge in [0.15, 0.2) is 0 Å². The van der Waals surface area contributed by atoms with Crippen molar-refractivity contribution in [2.24, 2.45) is 0 Å². The van der Waals surface area contributed by atoms with Gasteiger partial charge < -0.3 is 14.4 Å². The summed E-state index contributed by atoms with van der Waals surface area (Å²) in [6.07, 6.45) is 4.25. The third-order valence-electron chi connectivity index (χ3n) is 2.99. The minimum absolute atomic E-state index is 0.478. The number of hydrogen-bond donors (Lipinski definition) is 1. The van der Waals surface area contributed by atoms with Crippen LogP contribution in [0.5, 0.6) is 5.75 Å². The van der Waals surface area contributed by atoms with Gasteiger partial charge in [-0.25, -0.2) is 4.98 Å². The van der Waals surface area contributed by atoms with Gasteiger partial charge in [-0.15, -0.1) is 0 Å². The summed E-state index contributed by atoms with van der Waals surface area (Å²) in [6, 6.07) is 7.54. The Morgan fingerprint density at radius 1 is 1.42 bits per heavy atom. The van der Waals surface area contributed by atoms with E-state index >= 15 is 0 Å². The largest absolute Gasteiger partial charge is 0.487 e. The Hall–Kier alpha value is -1.81. The Kier molecular flexibility index (Phi) is 4.58. The number of ether oxygens (including phenoxy) is 1. The first-order valence-electron chi connectivity index (χ1n) is 6.60. The van der Waals surface area contributed by atoms with Crippen molar-refractivity contribution in [3.63, 3.8) is 0 Å². The zero-order valence-corrected chi connectivity index (χ0v) is 11.4. The van der Waals surface area contributed by atoms with Gasteiger partial charge in [0.25, 0.3) is 0 Å². The Morgan fingerprint density at radius 3 is 3.00 bits per heavy atom. The SMILES string of the molecule is CCCn1cncc1COc1cccc([C@@H](C)O)c1. The molecule has 0 fully saturated rings. The van der Waals surface area contributed by atoms with Crippen molar-refractivity contribution in [3.05, 3.63) is 48.0 Å². The second kappa shape index (κ2) is 6.38. The summed E-state index contributed by atoms with van der Waals surface area (Å²) in [4.78, 5) is 4.14. The lowest BCUT2D eigenvalue weighted by molar-refractivity contribution is 0.198. The van der Waals surface area contributed by atoms with Crippen LogP contribution in [0.3, 0.4) is 0 Å². The van der Waals surface area contributed by atoms with E-state index in [0.29, 0.717) is 6.61 Å². The standard InChI is InChI=1S/C15H20N2O2/c1-3-7-17-11-16-9-14(17)10-19-15-6-4-5-13(8-15)12(2)18/h4-6,8-9,11-12,18H,3,7,10H2,1-2H3/t12-/m1/s1. The quantitative estimate of drug-likeness (QED) is 0.868. The summed E-state index contributed by atoms with van der Waals surface area (Å²) in [5, 5.41) is 9.54. The van der Waals surface area contributed by atoms with Crippen LogP contribution in [0.4, 0.5) is 0 Å². The van der Waals surface area contributed by atoms with Crippen molar-refractivity contribution >= 4 is 0 Å². The van der Waals surface area contributed by atoms with Crippen LogP contribution in [-0.2, 0) is 13.2 Å². The summed E-state index contributed by atoms with van der Waals surface area (Å²) in [6.45, 7) is 5.32. The van der Waals surface area contributed by atoms with Crippen molar-refractivity contribution < 1.29 is 9.84 Å². The first kappa shape index (κ1) is 13.6. The van der Waals surface area contributed by atoms with Crippen molar-refractivity contribution in [1.82, 2.24) is 9.55 Å². The number of benzene rings is 1. The van der Waals surface area contributed by atoms with Crippen molar-refractivity contribution in [3.8, 4) is 5.75 Å². The number of imidazole rings is 1. The van der Waals surface area contributed by atoms with Crippen molar-refractivity contribution in [1.29, 1.82) is 0 Å². The van der Waals surface area contributed by atoms with Crippen LogP contribution in [0.2, 0.25) is 0 Å². The fraction of sp³-hybridized carbons (Fsp3) is 0.400. The molecule has 19 heavy (non-hydrogen) atoms. The molecule has 0 aliphatic carbocycles. The van der Waals surface area contributed by atoms with E-state index in [1.807, 2.05) is 36.8 Å². The molecule has 0 saturated carbocycles. The van der Waals surface area contributed by atoms with Crippen molar-refractivity contribution in [2.75, 3.05) is 0 Å². The molecule has 0 amide bonds. The highest BCUT2D eigenvalue weighted by atomic mass is 16.5. The maximum atomic E-state index is 9.54. The third kappa shape index (κ3) is 3.58. The van der Waals surface area contributed by atoms with Gasteiger partial charge in [-0.2, -0.15) is 0 Å². The summed E-state index contributed by atoms with van der Waals surface area (Å²) < 4.78 is 7.85. The Bertz CT molecular complexity index is 520. The molecule has 2 rings (SSSR count). The second-order valence-corrected chi connectivity index (χ2v) is 4.62. The summed E-state index contributed by atoms with van der Waals surface area (Å²) in [7, 11) is 0. The second-order valence-electron chi connectivity index (χ2n) is 4.62. The zero-order chi connectivity index (χ0) is 13.7. The van der Waals surface area contributed by atoms with Gasteiger partial charge >= 0.3 is 0 Å². The fourth-order valence-corrected chi connectivity index (χ4v) is 1.93. The maximum Gasteiger partial charge on any atom is 0.130 e. The average Bonchev–Trinajstić information content (AvgIpc) is 2.85. The maximum absolute atomic E-state index is 9.54. The van der Waals surface area contributed by atoms with Gasteiger partial charge in [0.1, 0.15) is 12.4 Å². The molecule has 1 aromatic carbocycles. The number of aliphatic hydroxyl groups excluding tert-OH is 1. The molecule has 0 aliphatic rings. The van der Waals surface area contributed by atoms with Crippen molar-refractivity contribution in [2.45, 2.75) is 39.5 Å². The molecule has 0 saturated heterocycles. The molecular weight excluding hydrogens is 240 g/mol. The molecule has 2 aromatic rings. The normalized spacial score (nSPS) is 12.4. The minimum atomic E-state index is -0.478. The molecule has 1 aromatic heterocycles. The predicted octanol–water partition coefficient (Wildman–Crippen LogP) is 2.93. The topological polar surface area (TPSA) is 47.3 Å². The van der Waals surface area contributed by atoms with Crippen LogP contribution in [0.25, 0.3) is 0 Å². The van der Waals surface area contributed by atoms with Crippen LogP contribution in [0.15, 0.2) is 36.8 Å². The molecule has 102 valence electrons. The van der Waals surface area contributed by atoms with E-state index in [1.54, 1.807) is 6.92 Å². The highest BCUT2D eigenvalue weighted by molar-refractivity contribution is 5.29. The van der Waals surface area contributed by atoms with E-state index in [1.165, 1.54) is 0 Å². The zero-order valence-electron chi connectivity index (χ0n) is 11.4. The molecule has 1 heterocycles. The smallest absolute Gasteiger partial charge is 0.130 e. The van der Waals surface area contributed by atoms with Gasteiger partial charge in [-0.05, 0) is 31.0 Å². The fourth-order valence-electron chi connectivity index (χ4n) is 1.93. The molecule has 1 atom stereocenters. The lowest BCUT2D eigenvalue weighted by atomic mass is 10.1. The van der Waals surface area contributed by atoms with Gasteiger partial charge in [0.05, 0.1) is 24.3 Å². The molecule has 0 radical (unpaired) electrons. The number of hydrogen-bond acceptors (Lipinski definition) is 3. The minimum Gasteiger partial charge on any atom is -0.487 e. The van der Waals surface area contributed by atoms with Crippen LogP contribution >= 0.6 is 0 Å².